The zero-order chi connectivity index (χ0) is 19.2. The number of rotatable bonds is 7. The second-order valence-corrected chi connectivity index (χ2v) is 6.65. The molecule has 1 aliphatic heterocycles. The smallest absolute Gasteiger partial charge is 0.225 e. The molecular formula is C21H23FN2O3. The number of nitrogens with one attached hydrogen (secondary N) is 1. The fourth-order valence-corrected chi connectivity index (χ4v) is 3.19. The Kier molecular flexibility index (Phi) is 6.06. The van der Waals surface area contributed by atoms with Crippen molar-refractivity contribution in [3.8, 4) is 5.75 Å². The van der Waals surface area contributed by atoms with Gasteiger partial charge in [-0.1, -0.05) is 30.3 Å². The number of hydrogen-bond acceptors (Lipinski definition) is 3. The van der Waals surface area contributed by atoms with Gasteiger partial charge in [0.15, 0.2) is 0 Å². The van der Waals surface area contributed by atoms with Crippen LogP contribution in [0.15, 0.2) is 48.5 Å². The predicted molar refractivity (Wildman–Crippen MR) is 99.6 cm³/mol. The van der Waals surface area contributed by atoms with Crippen molar-refractivity contribution in [2.75, 3.05) is 20.2 Å². The molecule has 27 heavy (non-hydrogen) atoms. The van der Waals surface area contributed by atoms with Gasteiger partial charge in [0, 0.05) is 31.6 Å². The Balaban J connectivity index is 1.48. The van der Waals surface area contributed by atoms with Crippen LogP contribution in [0.3, 0.4) is 0 Å². The van der Waals surface area contributed by atoms with E-state index in [0.717, 1.165) is 17.7 Å². The van der Waals surface area contributed by atoms with E-state index in [1.807, 2.05) is 24.3 Å². The lowest BCUT2D eigenvalue weighted by molar-refractivity contribution is -0.129. The number of halogens is 1. The summed E-state index contributed by atoms with van der Waals surface area (Å²) in [4.78, 5) is 26.3. The number of carbonyl (C=O) groups is 2. The van der Waals surface area contributed by atoms with Gasteiger partial charge < -0.3 is 15.0 Å². The molecule has 0 aliphatic carbocycles. The summed E-state index contributed by atoms with van der Waals surface area (Å²) in [7, 11) is 1.62. The first-order valence-corrected chi connectivity index (χ1v) is 8.98. The summed E-state index contributed by atoms with van der Waals surface area (Å²) in [6, 6.07) is 14.1. The van der Waals surface area contributed by atoms with Gasteiger partial charge in [0.25, 0.3) is 0 Å². The third kappa shape index (κ3) is 4.84. The highest BCUT2D eigenvalue weighted by atomic mass is 19.1. The summed E-state index contributed by atoms with van der Waals surface area (Å²) in [6.07, 6.45) is 0.922. The second-order valence-electron chi connectivity index (χ2n) is 6.65. The normalized spacial score (nSPS) is 16.4. The monoisotopic (exact) mass is 370 g/mol. The van der Waals surface area contributed by atoms with Gasteiger partial charge in [-0.05, 0) is 30.2 Å². The van der Waals surface area contributed by atoms with Crippen LogP contribution in [0.2, 0.25) is 0 Å². The molecule has 3 rings (SSSR count). The third-order valence-electron chi connectivity index (χ3n) is 4.83. The molecule has 2 aromatic rings. The molecule has 2 aromatic carbocycles. The Morgan fingerprint density at radius 1 is 1.22 bits per heavy atom. The van der Waals surface area contributed by atoms with Crippen molar-refractivity contribution in [2.24, 2.45) is 5.92 Å². The molecule has 1 saturated heterocycles. The molecule has 1 atom stereocenters. The minimum atomic E-state index is -0.389. The van der Waals surface area contributed by atoms with Crippen LogP contribution in [0.5, 0.6) is 5.75 Å². The van der Waals surface area contributed by atoms with Crippen LogP contribution in [0, 0.1) is 11.7 Å². The van der Waals surface area contributed by atoms with Crippen molar-refractivity contribution in [1.82, 2.24) is 10.2 Å². The van der Waals surface area contributed by atoms with E-state index in [0.29, 0.717) is 18.7 Å². The Labute approximate surface area is 158 Å². The van der Waals surface area contributed by atoms with E-state index in [-0.39, 0.29) is 36.5 Å². The number of benzene rings is 2. The molecule has 0 aromatic heterocycles. The van der Waals surface area contributed by atoms with Gasteiger partial charge in [-0.25, -0.2) is 4.39 Å². The molecule has 142 valence electrons. The van der Waals surface area contributed by atoms with Gasteiger partial charge in [-0.3, -0.25) is 9.59 Å². The lowest BCUT2D eigenvalue weighted by Gasteiger charge is -2.17. The SMILES string of the molecule is COc1ccc(CCN2CC(C(=O)NCc3ccccc3F)CC2=O)cc1. The number of carbonyl (C=O) groups excluding carboxylic acids is 2. The van der Waals surface area contributed by atoms with Crippen LogP contribution in [0.25, 0.3) is 0 Å². The number of amides is 2. The largest absolute Gasteiger partial charge is 0.497 e. The number of hydrogen-bond donors (Lipinski definition) is 1. The van der Waals surface area contributed by atoms with Crippen LogP contribution in [0.1, 0.15) is 17.5 Å². The summed E-state index contributed by atoms with van der Waals surface area (Å²) >= 11 is 0. The van der Waals surface area contributed by atoms with Crippen molar-refractivity contribution < 1.29 is 18.7 Å². The molecule has 2 amide bonds. The minimum Gasteiger partial charge on any atom is -0.497 e. The topological polar surface area (TPSA) is 58.6 Å². The third-order valence-corrected chi connectivity index (χ3v) is 4.83. The maximum atomic E-state index is 13.6. The molecule has 1 heterocycles. The summed E-state index contributed by atoms with van der Waals surface area (Å²) in [5.74, 6) is -0.169. The number of nitrogens with zero attached hydrogens (tertiary/aromatic N) is 1. The Bertz CT molecular complexity index is 807. The van der Waals surface area contributed by atoms with Crippen LogP contribution in [0.4, 0.5) is 4.39 Å². The molecule has 0 saturated carbocycles. The first kappa shape index (κ1) is 18.9. The highest BCUT2D eigenvalue weighted by molar-refractivity contribution is 5.89. The maximum Gasteiger partial charge on any atom is 0.225 e. The van der Waals surface area contributed by atoms with Gasteiger partial charge >= 0.3 is 0 Å². The van der Waals surface area contributed by atoms with Crippen molar-refractivity contribution in [3.05, 3.63) is 65.5 Å². The molecule has 1 aliphatic rings. The number of ether oxygens (including phenoxy) is 1. The molecule has 1 fully saturated rings. The average molecular weight is 370 g/mol. The Morgan fingerprint density at radius 3 is 2.67 bits per heavy atom. The van der Waals surface area contributed by atoms with Gasteiger partial charge in [-0.2, -0.15) is 0 Å². The van der Waals surface area contributed by atoms with Gasteiger partial charge in [-0.15, -0.1) is 0 Å². The molecular weight excluding hydrogens is 347 g/mol. The summed E-state index contributed by atoms with van der Waals surface area (Å²) in [5.41, 5.74) is 1.54. The van der Waals surface area contributed by atoms with Crippen LogP contribution in [-0.4, -0.2) is 36.9 Å². The van der Waals surface area contributed by atoms with Crippen molar-refractivity contribution in [2.45, 2.75) is 19.4 Å². The van der Waals surface area contributed by atoms with Crippen LogP contribution in [-0.2, 0) is 22.6 Å². The highest BCUT2D eigenvalue weighted by Crippen LogP contribution is 2.19. The van der Waals surface area contributed by atoms with E-state index in [1.165, 1.54) is 6.07 Å². The van der Waals surface area contributed by atoms with E-state index >= 15 is 0 Å². The fourth-order valence-electron chi connectivity index (χ4n) is 3.19. The van der Waals surface area contributed by atoms with Crippen LogP contribution >= 0.6 is 0 Å². The molecule has 1 unspecified atom stereocenters. The molecule has 0 spiro atoms. The zero-order valence-corrected chi connectivity index (χ0v) is 15.3. The first-order valence-electron chi connectivity index (χ1n) is 8.98. The van der Waals surface area contributed by atoms with Gasteiger partial charge in [0.1, 0.15) is 11.6 Å². The molecule has 0 radical (unpaired) electrons. The van der Waals surface area contributed by atoms with E-state index in [2.05, 4.69) is 5.32 Å². The zero-order valence-electron chi connectivity index (χ0n) is 15.3. The van der Waals surface area contributed by atoms with E-state index < -0.39 is 0 Å². The van der Waals surface area contributed by atoms with E-state index in [1.54, 1.807) is 30.2 Å². The van der Waals surface area contributed by atoms with Crippen molar-refractivity contribution in [1.29, 1.82) is 0 Å². The predicted octanol–water partition coefficient (Wildman–Crippen LogP) is 2.54. The summed E-state index contributed by atoms with van der Waals surface area (Å²) in [6.45, 7) is 1.10. The second kappa shape index (κ2) is 8.66. The molecule has 6 heteroatoms. The van der Waals surface area contributed by atoms with Crippen molar-refractivity contribution >= 4 is 11.8 Å². The van der Waals surface area contributed by atoms with E-state index in [9.17, 15) is 14.0 Å². The minimum absolute atomic E-state index is 0.0189. The maximum absolute atomic E-state index is 13.6. The number of methoxy groups -OCH3 is 1. The molecule has 0 bridgehead atoms. The van der Waals surface area contributed by atoms with Gasteiger partial charge in [0.05, 0.1) is 13.0 Å². The quantitative estimate of drug-likeness (QED) is 0.815. The van der Waals surface area contributed by atoms with E-state index in [4.69, 9.17) is 4.74 Å². The van der Waals surface area contributed by atoms with Crippen molar-refractivity contribution in [3.63, 3.8) is 0 Å². The first-order chi connectivity index (χ1) is 13.1. The molecule has 1 N–H and O–H groups in total. The fraction of sp³-hybridized carbons (Fsp3) is 0.333. The lowest BCUT2D eigenvalue weighted by Crippen LogP contribution is -2.33. The standard InChI is InChI=1S/C21H23FN2O3/c1-27-18-8-6-15(7-9-18)10-11-24-14-17(12-20(24)25)21(26)23-13-16-4-2-3-5-19(16)22/h2-9,17H,10-14H2,1H3,(H,23,26). The Morgan fingerprint density at radius 2 is 1.96 bits per heavy atom. The highest BCUT2D eigenvalue weighted by Gasteiger charge is 2.33. The Hall–Kier alpha value is -2.89. The molecule has 5 nitrogen and oxygen atoms in total. The average Bonchev–Trinajstić information content (AvgIpc) is 3.06. The summed E-state index contributed by atoms with van der Waals surface area (Å²) < 4.78 is 18.8. The summed E-state index contributed by atoms with van der Waals surface area (Å²) in [5, 5.41) is 2.74. The lowest BCUT2D eigenvalue weighted by atomic mass is 10.1. The van der Waals surface area contributed by atoms with Gasteiger partial charge in [0.2, 0.25) is 11.8 Å². The van der Waals surface area contributed by atoms with Crippen LogP contribution < -0.4 is 10.1 Å². The number of likely N-dealkylation sites (tertiary alicyclic amines) is 1.